The van der Waals surface area contributed by atoms with Crippen LogP contribution in [-0.4, -0.2) is 44.6 Å². The Labute approximate surface area is 130 Å². The first-order valence-electron chi connectivity index (χ1n) is 6.96. The van der Waals surface area contributed by atoms with E-state index in [1.807, 2.05) is 13.0 Å². The predicted molar refractivity (Wildman–Crippen MR) is 87.1 cm³/mol. The summed E-state index contributed by atoms with van der Waals surface area (Å²) in [5.41, 5.74) is 1.24. The fourth-order valence-electron chi connectivity index (χ4n) is 2.37. The van der Waals surface area contributed by atoms with E-state index in [1.54, 1.807) is 22.7 Å². The summed E-state index contributed by atoms with van der Waals surface area (Å²) in [4.78, 5) is 1.68. The summed E-state index contributed by atoms with van der Waals surface area (Å²) < 4.78 is 38.2. The van der Waals surface area contributed by atoms with Crippen LogP contribution >= 0.6 is 11.8 Å². The zero-order valence-electron chi connectivity index (χ0n) is 12.3. The van der Waals surface area contributed by atoms with Crippen molar-refractivity contribution in [2.45, 2.75) is 18.8 Å². The molecule has 0 bridgehead atoms. The fourth-order valence-corrected chi connectivity index (χ4v) is 5.21. The molecule has 1 aliphatic heterocycles. The van der Waals surface area contributed by atoms with Crippen LogP contribution < -0.4 is 10.2 Å². The number of nitrogens with zero attached hydrogens (tertiary/aromatic N) is 1. The molecule has 1 atom stereocenters. The van der Waals surface area contributed by atoms with Gasteiger partial charge in [0.15, 0.2) is 9.84 Å². The third-order valence-corrected chi connectivity index (χ3v) is 6.12. The SMILES string of the molecule is CCNCc1ccc(N2CCSCC2S(C)(=O)=O)c(F)c1. The summed E-state index contributed by atoms with van der Waals surface area (Å²) in [7, 11) is -3.24. The maximum absolute atomic E-state index is 14.4. The van der Waals surface area contributed by atoms with Gasteiger partial charge in [0.1, 0.15) is 11.2 Å². The molecule has 0 radical (unpaired) electrons. The first-order chi connectivity index (χ1) is 9.93. The van der Waals surface area contributed by atoms with Gasteiger partial charge in [-0.2, -0.15) is 11.8 Å². The van der Waals surface area contributed by atoms with Crippen LogP contribution in [-0.2, 0) is 16.4 Å². The van der Waals surface area contributed by atoms with Gasteiger partial charge >= 0.3 is 0 Å². The van der Waals surface area contributed by atoms with E-state index in [9.17, 15) is 12.8 Å². The van der Waals surface area contributed by atoms with Crippen LogP contribution in [0.2, 0.25) is 0 Å². The highest BCUT2D eigenvalue weighted by Crippen LogP contribution is 2.29. The van der Waals surface area contributed by atoms with Crippen LogP contribution in [0, 0.1) is 5.82 Å². The zero-order valence-corrected chi connectivity index (χ0v) is 13.9. The number of anilines is 1. The van der Waals surface area contributed by atoms with Crippen LogP contribution in [0.5, 0.6) is 0 Å². The van der Waals surface area contributed by atoms with Crippen molar-refractivity contribution in [3.8, 4) is 0 Å². The maximum atomic E-state index is 14.4. The highest BCUT2D eigenvalue weighted by molar-refractivity contribution is 8.01. The van der Waals surface area contributed by atoms with Gasteiger partial charge in [0.25, 0.3) is 0 Å². The molecule has 21 heavy (non-hydrogen) atoms. The minimum atomic E-state index is -3.24. The first kappa shape index (κ1) is 16.6. The van der Waals surface area contributed by atoms with E-state index in [0.717, 1.165) is 17.9 Å². The number of hydrogen-bond donors (Lipinski definition) is 1. The van der Waals surface area contributed by atoms with Crippen molar-refractivity contribution in [3.05, 3.63) is 29.6 Å². The molecule has 7 heteroatoms. The van der Waals surface area contributed by atoms with Crippen molar-refractivity contribution in [3.63, 3.8) is 0 Å². The molecule has 1 fully saturated rings. The highest BCUT2D eigenvalue weighted by atomic mass is 32.2. The zero-order chi connectivity index (χ0) is 15.5. The second kappa shape index (κ2) is 6.98. The van der Waals surface area contributed by atoms with Gasteiger partial charge in [-0.3, -0.25) is 0 Å². The number of benzene rings is 1. The van der Waals surface area contributed by atoms with E-state index in [2.05, 4.69) is 5.32 Å². The lowest BCUT2D eigenvalue weighted by Gasteiger charge is -2.36. The van der Waals surface area contributed by atoms with E-state index in [1.165, 1.54) is 12.3 Å². The Morgan fingerprint density at radius 1 is 1.48 bits per heavy atom. The number of sulfone groups is 1. The summed E-state index contributed by atoms with van der Waals surface area (Å²) in [6.45, 7) is 3.97. The van der Waals surface area contributed by atoms with Crippen LogP contribution in [0.3, 0.4) is 0 Å². The number of rotatable bonds is 5. The van der Waals surface area contributed by atoms with Gasteiger partial charge in [-0.05, 0) is 24.2 Å². The summed E-state index contributed by atoms with van der Waals surface area (Å²) in [6.07, 6.45) is 1.22. The smallest absolute Gasteiger partial charge is 0.169 e. The van der Waals surface area contributed by atoms with Gasteiger partial charge in [0, 0.05) is 30.9 Å². The quantitative estimate of drug-likeness (QED) is 0.892. The molecular weight excluding hydrogens is 311 g/mol. The van der Waals surface area contributed by atoms with Crippen molar-refractivity contribution >= 4 is 27.3 Å². The molecule has 1 aliphatic rings. The Morgan fingerprint density at radius 2 is 2.24 bits per heavy atom. The van der Waals surface area contributed by atoms with Gasteiger partial charge in [0.2, 0.25) is 0 Å². The van der Waals surface area contributed by atoms with Crippen LogP contribution in [0.15, 0.2) is 18.2 Å². The molecule has 0 aliphatic carbocycles. The molecule has 0 amide bonds. The molecule has 4 nitrogen and oxygen atoms in total. The van der Waals surface area contributed by atoms with Crippen molar-refractivity contribution in [2.75, 3.05) is 35.8 Å². The molecule has 1 unspecified atom stereocenters. The lowest BCUT2D eigenvalue weighted by molar-refractivity contribution is 0.578. The van der Waals surface area contributed by atoms with E-state index < -0.39 is 15.2 Å². The van der Waals surface area contributed by atoms with Gasteiger partial charge in [0.05, 0.1) is 5.69 Å². The second-order valence-electron chi connectivity index (χ2n) is 5.12. The molecule has 1 heterocycles. The largest absolute Gasteiger partial charge is 0.351 e. The molecule has 118 valence electrons. The average molecular weight is 332 g/mol. The van der Waals surface area contributed by atoms with Crippen molar-refractivity contribution in [2.24, 2.45) is 0 Å². The number of nitrogens with one attached hydrogen (secondary N) is 1. The summed E-state index contributed by atoms with van der Waals surface area (Å²) in [6, 6.07) is 5.03. The third-order valence-electron chi connectivity index (χ3n) is 3.48. The molecule has 1 aromatic rings. The molecular formula is C14H21FN2O2S2. The predicted octanol–water partition coefficient (Wildman–Crippen LogP) is 1.86. The lowest BCUT2D eigenvalue weighted by Crippen LogP contribution is -2.47. The monoisotopic (exact) mass is 332 g/mol. The molecule has 2 rings (SSSR count). The summed E-state index contributed by atoms with van der Waals surface area (Å²) in [5, 5.41) is 2.50. The lowest BCUT2D eigenvalue weighted by atomic mass is 10.1. The normalized spacial score (nSPS) is 19.8. The Hall–Kier alpha value is -0.790. The third kappa shape index (κ3) is 4.11. The van der Waals surface area contributed by atoms with E-state index in [4.69, 9.17) is 0 Å². The Balaban J connectivity index is 2.27. The maximum Gasteiger partial charge on any atom is 0.169 e. The van der Waals surface area contributed by atoms with Crippen LogP contribution in [0.25, 0.3) is 0 Å². The Bertz CT molecular complexity index is 593. The molecule has 0 aromatic heterocycles. The van der Waals surface area contributed by atoms with Gasteiger partial charge in [-0.25, -0.2) is 12.8 Å². The summed E-state index contributed by atoms with van der Waals surface area (Å²) >= 11 is 1.60. The average Bonchev–Trinajstić information content (AvgIpc) is 2.44. The molecule has 0 spiro atoms. The first-order valence-corrected chi connectivity index (χ1v) is 10.1. The van der Waals surface area contributed by atoms with E-state index in [-0.39, 0.29) is 5.82 Å². The Morgan fingerprint density at radius 3 is 2.86 bits per heavy atom. The molecule has 1 N–H and O–H groups in total. The number of hydrogen-bond acceptors (Lipinski definition) is 5. The van der Waals surface area contributed by atoms with Crippen LogP contribution in [0.1, 0.15) is 12.5 Å². The van der Waals surface area contributed by atoms with Gasteiger partial charge in [-0.15, -0.1) is 0 Å². The van der Waals surface area contributed by atoms with Gasteiger partial charge < -0.3 is 10.2 Å². The number of thioether (sulfide) groups is 1. The fraction of sp³-hybridized carbons (Fsp3) is 0.571. The van der Waals surface area contributed by atoms with Crippen molar-refractivity contribution < 1.29 is 12.8 Å². The van der Waals surface area contributed by atoms with Crippen molar-refractivity contribution in [1.82, 2.24) is 5.32 Å². The molecule has 1 saturated heterocycles. The van der Waals surface area contributed by atoms with Crippen LogP contribution in [0.4, 0.5) is 10.1 Å². The summed E-state index contributed by atoms with van der Waals surface area (Å²) in [5.74, 6) is 0.938. The Kier molecular flexibility index (Phi) is 5.51. The highest BCUT2D eigenvalue weighted by Gasteiger charge is 2.32. The molecule has 0 saturated carbocycles. The van der Waals surface area contributed by atoms with E-state index in [0.29, 0.717) is 24.5 Å². The topological polar surface area (TPSA) is 49.4 Å². The van der Waals surface area contributed by atoms with Gasteiger partial charge in [-0.1, -0.05) is 13.0 Å². The number of halogens is 1. The van der Waals surface area contributed by atoms with Crippen molar-refractivity contribution in [1.29, 1.82) is 0 Å². The standard InChI is InChI=1S/C14H21FN2O2S2/c1-3-16-9-11-4-5-13(12(15)8-11)17-6-7-20-10-14(17)21(2,18)19/h4-5,8,14,16H,3,6-7,9-10H2,1-2H3. The minimum Gasteiger partial charge on any atom is -0.351 e. The molecule has 1 aromatic carbocycles. The van der Waals surface area contributed by atoms with E-state index >= 15 is 0 Å². The minimum absolute atomic E-state index is 0.356. The second-order valence-corrected chi connectivity index (χ2v) is 8.47.